The molecule has 5 rings (SSSR count). The van der Waals surface area contributed by atoms with Crippen LogP contribution in [0.2, 0.25) is 0 Å². The van der Waals surface area contributed by atoms with Gasteiger partial charge in [-0.25, -0.2) is 4.68 Å². The summed E-state index contributed by atoms with van der Waals surface area (Å²) in [5.74, 6) is 1.73. The maximum absolute atomic E-state index is 5.53. The van der Waals surface area contributed by atoms with Gasteiger partial charge in [-0.15, -0.1) is 17.5 Å². The SMILES string of the molecule is Cl.c1ccc(C(c2nnnn2Cc2ccco2)N2CCN(C3CCCC3)CC2)cc1. The van der Waals surface area contributed by atoms with Crippen molar-refractivity contribution in [3.63, 3.8) is 0 Å². The Hall–Kier alpha value is -2.22. The highest BCUT2D eigenvalue weighted by atomic mass is 35.5. The van der Waals surface area contributed by atoms with Gasteiger partial charge in [0, 0.05) is 32.2 Å². The molecule has 3 aromatic rings. The van der Waals surface area contributed by atoms with Crippen LogP contribution in [0.4, 0.5) is 0 Å². The van der Waals surface area contributed by atoms with E-state index in [4.69, 9.17) is 4.42 Å². The van der Waals surface area contributed by atoms with Crippen molar-refractivity contribution < 1.29 is 4.42 Å². The number of hydrogen-bond acceptors (Lipinski definition) is 6. The van der Waals surface area contributed by atoms with Crippen molar-refractivity contribution in [2.45, 2.75) is 44.3 Å². The summed E-state index contributed by atoms with van der Waals surface area (Å²) in [4.78, 5) is 5.22. The number of furan rings is 1. The van der Waals surface area contributed by atoms with Crippen LogP contribution in [0.3, 0.4) is 0 Å². The molecule has 2 aliphatic rings. The maximum atomic E-state index is 5.53. The van der Waals surface area contributed by atoms with Crippen molar-refractivity contribution in [2.24, 2.45) is 0 Å². The molecule has 0 radical (unpaired) electrons. The number of rotatable bonds is 6. The summed E-state index contributed by atoms with van der Waals surface area (Å²) in [5.41, 5.74) is 1.23. The van der Waals surface area contributed by atoms with Crippen LogP contribution in [-0.4, -0.2) is 62.2 Å². The maximum Gasteiger partial charge on any atom is 0.173 e. The van der Waals surface area contributed by atoms with Gasteiger partial charge in [-0.1, -0.05) is 43.2 Å². The number of hydrogen-bond donors (Lipinski definition) is 0. The molecule has 1 aliphatic carbocycles. The Balaban J connectivity index is 0.00000218. The quantitative estimate of drug-likeness (QED) is 0.599. The second-order valence-electron chi connectivity index (χ2n) is 8.10. The highest BCUT2D eigenvalue weighted by molar-refractivity contribution is 5.85. The van der Waals surface area contributed by atoms with Crippen LogP contribution in [0.25, 0.3) is 0 Å². The van der Waals surface area contributed by atoms with Gasteiger partial charge in [-0.05, 0) is 41.0 Å². The van der Waals surface area contributed by atoms with E-state index in [1.54, 1.807) is 6.26 Å². The van der Waals surface area contributed by atoms with Crippen LogP contribution < -0.4 is 0 Å². The zero-order valence-electron chi connectivity index (χ0n) is 17.1. The molecule has 1 unspecified atom stereocenters. The van der Waals surface area contributed by atoms with E-state index in [0.717, 1.165) is 43.8 Å². The summed E-state index contributed by atoms with van der Waals surface area (Å²) in [6.07, 6.45) is 7.20. The molecule has 0 bridgehead atoms. The molecule has 0 spiro atoms. The number of piperazine rings is 1. The Labute approximate surface area is 183 Å². The minimum absolute atomic E-state index is 0. The normalized spacial score (nSPS) is 19.6. The molecule has 1 atom stereocenters. The van der Waals surface area contributed by atoms with Gasteiger partial charge < -0.3 is 4.42 Å². The van der Waals surface area contributed by atoms with Gasteiger partial charge in [0.2, 0.25) is 0 Å². The molecule has 1 aromatic carbocycles. The third-order valence-electron chi connectivity index (χ3n) is 6.36. The smallest absolute Gasteiger partial charge is 0.173 e. The Bertz CT molecular complexity index is 886. The molecule has 160 valence electrons. The van der Waals surface area contributed by atoms with E-state index in [1.165, 1.54) is 31.2 Å². The standard InChI is InChI=1S/C22H28N6O.ClH/c1-2-7-18(8-3-1)21(22-23-24-25-28(22)17-20-11-6-16-29-20)27-14-12-26(13-15-27)19-9-4-5-10-19;/h1-3,6-8,11,16,19,21H,4-5,9-10,12-15,17H2;1H. The summed E-state index contributed by atoms with van der Waals surface area (Å²) in [5, 5.41) is 12.7. The summed E-state index contributed by atoms with van der Waals surface area (Å²) in [6, 6.07) is 15.3. The third kappa shape index (κ3) is 4.43. The number of halogens is 1. The third-order valence-corrected chi connectivity index (χ3v) is 6.36. The second kappa shape index (κ2) is 9.73. The Morgan fingerprint density at radius 2 is 1.73 bits per heavy atom. The highest BCUT2D eigenvalue weighted by Gasteiger charge is 2.33. The van der Waals surface area contributed by atoms with Crippen molar-refractivity contribution in [3.8, 4) is 0 Å². The largest absolute Gasteiger partial charge is 0.467 e. The van der Waals surface area contributed by atoms with Crippen LogP contribution >= 0.6 is 12.4 Å². The van der Waals surface area contributed by atoms with E-state index < -0.39 is 0 Å². The predicted molar refractivity (Wildman–Crippen MR) is 117 cm³/mol. The summed E-state index contributed by atoms with van der Waals surface area (Å²) >= 11 is 0. The van der Waals surface area contributed by atoms with E-state index in [9.17, 15) is 0 Å². The summed E-state index contributed by atoms with van der Waals surface area (Å²) in [7, 11) is 0. The van der Waals surface area contributed by atoms with E-state index in [-0.39, 0.29) is 18.4 Å². The van der Waals surface area contributed by atoms with Gasteiger partial charge in [0.1, 0.15) is 12.3 Å². The average molecular weight is 429 g/mol. The van der Waals surface area contributed by atoms with Crippen LogP contribution in [0.5, 0.6) is 0 Å². The molecule has 1 aliphatic heterocycles. The van der Waals surface area contributed by atoms with Crippen molar-refractivity contribution in [1.82, 2.24) is 30.0 Å². The van der Waals surface area contributed by atoms with E-state index in [0.29, 0.717) is 6.54 Å². The fraction of sp³-hybridized carbons (Fsp3) is 0.500. The first-order valence-corrected chi connectivity index (χ1v) is 10.7. The molecule has 1 saturated carbocycles. The van der Waals surface area contributed by atoms with E-state index in [2.05, 4.69) is 55.7 Å². The van der Waals surface area contributed by atoms with Gasteiger partial charge in [0.15, 0.2) is 5.82 Å². The van der Waals surface area contributed by atoms with Crippen molar-refractivity contribution in [3.05, 3.63) is 65.9 Å². The second-order valence-corrected chi connectivity index (χ2v) is 8.10. The van der Waals surface area contributed by atoms with Gasteiger partial charge in [-0.3, -0.25) is 9.80 Å². The first-order valence-electron chi connectivity index (χ1n) is 10.7. The molecular formula is C22H29ClN6O. The summed E-state index contributed by atoms with van der Waals surface area (Å²) < 4.78 is 7.40. The fourth-order valence-corrected chi connectivity index (χ4v) is 4.86. The van der Waals surface area contributed by atoms with Crippen LogP contribution in [0.1, 0.15) is 48.9 Å². The first kappa shape index (κ1) is 21.0. The average Bonchev–Trinajstić information content (AvgIpc) is 3.54. The lowest BCUT2D eigenvalue weighted by Gasteiger charge is -2.41. The van der Waals surface area contributed by atoms with E-state index in [1.807, 2.05) is 16.8 Å². The Morgan fingerprint density at radius 3 is 2.43 bits per heavy atom. The predicted octanol–water partition coefficient (Wildman–Crippen LogP) is 3.39. The van der Waals surface area contributed by atoms with Gasteiger partial charge in [0.05, 0.1) is 12.3 Å². The molecule has 8 heteroatoms. The lowest BCUT2D eigenvalue weighted by Crippen LogP contribution is -2.51. The molecule has 2 fully saturated rings. The van der Waals surface area contributed by atoms with Crippen molar-refractivity contribution >= 4 is 12.4 Å². The molecule has 30 heavy (non-hydrogen) atoms. The van der Waals surface area contributed by atoms with Gasteiger partial charge in [0.25, 0.3) is 0 Å². The fourth-order valence-electron chi connectivity index (χ4n) is 4.86. The summed E-state index contributed by atoms with van der Waals surface area (Å²) in [6.45, 7) is 4.84. The monoisotopic (exact) mass is 428 g/mol. The lowest BCUT2D eigenvalue weighted by molar-refractivity contribution is 0.0770. The van der Waals surface area contributed by atoms with Crippen molar-refractivity contribution in [1.29, 1.82) is 0 Å². The number of benzene rings is 1. The van der Waals surface area contributed by atoms with Gasteiger partial charge in [-0.2, -0.15) is 0 Å². The Morgan fingerprint density at radius 1 is 0.967 bits per heavy atom. The number of aromatic nitrogens is 4. The van der Waals surface area contributed by atoms with Crippen LogP contribution in [0, 0.1) is 0 Å². The molecular weight excluding hydrogens is 400 g/mol. The van der Waals surface area contributed by atoms with E-state index >= 15 is 0 Å². The van der Waals surface area contributed by atoms with Crippen LogP contribution in [0.15, 0.2) is 53.1 Å². The number of nitrogens with zero attached hydrogens (tertiary/aromatic N) is 6. The first-order chi connectivity index (χ1) is 14.4. The minimum atomic E-state index is 0. The molecule has 0 amide bonds. The number of tetrazole rings is 1. The molecule has 7 nitrogen and oxygen atoms in total. The van der Waals surface area contributed by atoms with Gasteiger partial charge >= 0.3 is 0 Å². The molecule has 2 aromatic heterocycles. The molecule has 3 heterocycles. The highest BCUT2D eigenvalue weighted by Crippen LogP contribution is 2.30. The molecule has 1 saturated heterocycles. The van der Waals surface area contributed by atoms with Crippen molar-refractivity contribution in [2.75, 3.05) is 26.2 Å². The molecule has 0 N–H and O–H groups in total. The minimum Gasteiger partial charge on any atom is -0.467 e. The lowest BCUT2D eigenvalue weighted by atomic mass is 10.0. The van der Waals surface area contributed by atoms with Crippen LogP contribution in [-0.2, 0) is 6.54 Å². The Kier molecular flexibility index (Phi) is 6.82. The topological polar surface area (TPSA) is 63.2 Å². The zero-order chi connectivity index (χ0) is 19.5. The zero-order valence-corrected chi connectivity index (χ0v) is 18.0.